The Kier molecular flexibility index (Phi) is 5.99. The minimum absolute atomic E-state index is 0.713. The quantitative estimate of drug-likeness (QED) is 0.364. The first-order valence-corrected chi connectivity index (χ1v) is 10.1. The van der Waals surface area contributed by atoms with E-state index in [2.05, 4.69) is 42.5 Å². The highest BCUT2D eigenvalue weighted by Gasteiger charge is 2.17. The third kappa shape index (κ3) is 4.02. The van der Waals surface area contributed by atoms with Gasteiger partial charge in [-0.25, -0.2) is 0 Å². The molecule has 0 N–H and O–H groups in total. The Labute approximate surface area is 183 Å². The van der Waals surface area contributed by atoms with E-state index in [1.54, 1.807) is 28.4 Å². The van der Waals surface area contributed by atoms with Crippen LogP contribution < -0.4 is 18.9 Å². The fraction of sp³-hybridized carbons (Fsp3) is 0.185. The molecular weight excluding hydrogens is 388 g/mol. The minimum Gasteiger partial charge on any atom is -0.497 e. The van der Waals surface area contributed by atoms with E-state index in [-0.39, 0.29) is 0 Å². The largest absolute Gasteiger partial charge is 0.497 e. The summed E-state index contributed by atoms with van der Waals surface area (Å²) in [5.74, 6) is 3.13. The molecule has 0 saturated heterocycles. The molecule has 0 saturated carbocycles. The lowest BCUT2D eigenvalue weighted by Crippen LogP contribution is -1.98. The Morgan fingerprint density at radius 2 is 1.35 bits per heavy atom. The van der Waals surface area contributed by atoms with Gasteiger partial charge in [-0.1, -0.05) is 42.5 Å². The molecular formula is C27H26O4. The second-order valence-electron chi connectivity index (χ2n) is 7.24. The van der Waals surface area contributed by atoms with Crippen molar-refractivity contribution in [3.8, 4) is 34.1 Å². The first-order valence-electron chi connectivity index (χ1n) is 10.1. The standard InChI is InChI=1S/C27H26O4/c1-28-20-11-8-18(9-12-20)16-25-22-15-13-21(29-2)17-19(22)10-14-23(25)24-6-5-7-26(30-3)27(24)31-4/h5-15,17H,16H2,1-4H3. The van der Waals surface area contributed by atoms with Crippen LogP contribution in [-0.2, 0) is 6.42 Å². The van der Waals surface area contributed by atoms with Gasteiger partial charge in [0, 0.05) is 5.56 Å². The molecule has 0 spiro atoms. The van der Waals surface area contributed by atoms with Gasteiger partial charge in [-0.2, -0.15) is 0 Å². The number of benzene rings is 4. The molecule has 0 radical (unpaired) electrons. The van der Waals surface area contributed by atoms with Crippen molar-refractivity contribution >= 4 is 10.8 Å². The molecule has 4 aromatic rings. The maximum absolute atomic E-state index is 5.74. The van der Waals surface area contributed by atoms with Crippen molar-refractivity contribution in [1.29, 1.82) is 0 Å². The predicted octanol–water partition coefficient (Wildman–Crippen LogP) is 6.13. The van der Waals surface area contributed by atoms with Crippen LogP contribution in [0.2, 0.25) is 0 Å². The summed E-state index contributed by atoms with van der Waals surface area (Å²) >= 11 is 0. The van der Waals surface area contributed by atoms with Gasteiger partial charge >= 0.3 is 0 Å². The SMILES string of the molecule is COc1ccc(Cc2c(-c3cccc(OC)c3OC)ccc3cc(OC)ccc23)cc1. The molecule has 31 heavy (non-hydrogen) atoms. The first-order chi connectivity index (χ1) is 15.2. The summed E-state index contributed by atoms with van der Waals surface area (Å²) in [6, 6.07) is 24.7. The summed E-state index contributed by atoms with van der Waals surface area (Å²) in [7, 11) is 6.71. The second-order valence-corrected chi connectivity index (χ2v) is 7.24. The normalized spacial score (nSPS) is 10.7. The van der Waals surface area contributed by atoms with Crippen LogP contribution in [0.5, 0.6) is 23.0 Å². The highest BCUT2D eigenvalue weighted by molar-refractivity contribution is 5.94. The van der Waals surface area contributed by atoms with Crippen LogP contribution in [0.1, 0.15) is 11.1 Å². The second kappa shape index (κ2) is 9.00. The molecule has 0 heterocycles. The monoisotopic (exact) mass is 414 g/mol. The first kappa shape index (κ1) is 20.6. The molecule has 0 atom stereocenters. The maximum atomic E-state index is 5.74. The lowest BCUT2D eigenvalue weighted by molar-refractivity contribution is 0.356. The molecule has 158 valence electrons. The Balaban J connectivity index is 1.93. The van der Waals surface area contributed by atoms with E-state index in [4.69, 9.17) is 18.9 Å². The van der Waals surface area contributed by atoms with E-state index < -0.39 is 0 Å². The number of para-hydroxylation sites is 1. The highest BCUT2D eigenvalue weighted by atomic mass is 16.5. The number of hydrogen-bond acceptors (Lipinski definition) is 4. The van der Waals surface area contributed by atoms with Gasteiger partial charge in [0.05, 0.1) is 28.4 Å². The van der Waals surface area contributed by atoms with Crippen LogP contribution in [0, 0.1) is 0 Å². The Hall–Kier alpha value is -3.66. The van der Waals surface area contributed by atoms with Gasteiger partial charge in [-0.15, -0.1) is 0 Å². The van der Waals surface area contributed by atoms with E-state index >= 15 is 0 Å². The number of fused-ring (bicyclic) bond motifs is 1. The van der Waals surface area contributed by atoms with E-state index in [0.717, 1.165) is 40.2 Å². The van der Waals surface area contributed by atoms with Gasteiger partial charge in [0.15, 0.2) is 11.5 Å². The molecule has 4 rings (SSSR count). The molecule has 0 aliphatic carbocycles. The molecule has 0 amide bonds. The summed E-state index contributed by atoms with van der Waals surface area (Å²) in [6.45, 7) is 0. The van der Waals surface area contributed by atoms with Gasteiger partial charge < -0.3 is 18.9 Å². The fourth-order valence-electron chi connectivity index (χ4n) is 3.99. The van der Waals surface area contributed by atoms with Crippen LogP contribution in [0.4, 0.5) is 0 Å². The van der Waals surface area contributed by atoms with Crippen LogP contribution in [-0.4, -0.2) is 28.4 Å². The summed E-state index contributed by atoms with van der Waals surface area (Å²) in [5.41, 5.74) is 4.54. The van der Waals surface area contributed by atoms with Crippen LogP contribution in [0.15, 0.2) is 72.8 Å². The van der Waals surface area contributed by atoms with E-state index in [1.807, 2.05) is 30.3 Å². The average Bonchev–Trinajstić information content (AvgIpc) is 2.83. The molecule has 4 nitrogen and oxygen atoms in total. The molecule has 4 aromatic carbocycles. The number of ether oxygens (including phenoxy) is 4. The fourth-order valence-corrected chi connectivity index (χ4v) is 3.99. The lowest BCUT2D eigenvalue weighted by Gasteiger charge is -2.18. The topological polar surface area (TPSA) is 36.9 Å². The molecule has 0 bridgehead atoms. The summed E-state index contributed by atoms with van der Waals surface area (Å²) in [4.78, 5) is 0. The van der Waals surface area contributed by atoms with Crippen molar-refractivity contribution in [2.75, 3.05) is 28.4 Å². The maximum Gasteiger partial charge on any atom is 0.168 e. The zero-order chi connectivity index (χ0) is 21.8. The van der Waals surface area contributed by atoms with Crippen molar-refractivity contribution < 1.29 is 18.9 Å². The molecule has 0 unspecified atom stereocenters. The van der Waals surface area contributed by atoms with Crippen molar-refractivity contribution in [2.24, 2.45) is 0 Å². The van der Waals surface area contributed by atoms with Crippen molar-refractivity contribution in [3.63, 3.8) is 0 Å². The number of hydrogen-bond donors (Lipinski definition) is 0. The number of rotatable bonds is 7. The molecule has 4 heteroatoms. The van der Waals surface area contributed by atoms with Gasteiger partial charge in [-0.3, -0.25) is 0 Å². The average molecular weight is 415 g/mol. The van der Waals surface area contributed by atoms with Crippen LogP contribution in [0.25, 0.3) is 21.9 Å². The van der Waals surface area contributed by atoms with Crippen LogP contribution >= 0.6 is 0 Å². The Bertz CT molecular complexity index is 1200. The smallest absolute Gasteiger partial charge is 0.168 e. The van der Waals surface area contributed by atoms with Gasteiger partial charge in [-0.05, 0) is 64.2 Å². The zero-order valence-corrected chi connectivity index (χ0v) is 18.3. The van der Waals surface area contributed by atoms with Gasteiger partial charge in [0.1, 0.15) is 11.5 Å². The molecule has 0 aliphatic rings. The van der Waals surface area contributed by atoms with Gasteiger partial charge in [0.25, 0.3) is 0 Å². The van der Waals surface area contributed by atoms with E-state index in [9.17, 15) is 0 Å². The summed E-state index contributed by atoms with van der Waals surface area (Å²) < 4.78 is 22.0. The highest BCUT2D eigenvalue weighted by Crippen LogP contribution is 2.42. The summed E-state index contributed by atoms with van der Waals surface area (Å²) in [6.07, 6.45) is 0.767. The summed E-state index contributed by atoms with van der Waals surface area (Å²) in [5, 5.41) is 2.31. The minimum atomic E-state index is 0.713. The third-order valence-corrected chi connectivity index (χ3v) is 5.57. The van der Waals surface area contributed by atoms with E-state index in [0.29, 0.717) is 5.75 Å². The van der Waals surface area contributed by atoms with E-state index in [1.165, 1.54) is 16.5 Å². The molecule has 0 fully saturated rings. The lowest BCUT2D eigenvalue weighted by atomic mass is 9.89. The zero-order valence-electron chi connectivity index (χ0n) is 18.3. The van der Waals surface area contributed by atoms with Gasteiger partial charge in [0.2, 0.25) is 0 Å². The molecule has 0 aliphatic heterocycles. The third-order valence-electron chi connectivity index (χ3n) is 5.57. The molecule has 0 aromatic heterocycles. The number of methoxy groups -OCH3 is 4. The predicted molar refractivity (Wildman–Crippen MR) is 125 cm³/mol. The van der Waals surface area contributed by atoms with Crippen molar-refractivity contribution in [1.82, 2.24) is 0 Å². The Morgan fingerprint density at radius 3 is 2.03 bits per heavy atom. The van der Waals surface area contributed by atoms with Crippen molar-refractivity contribution in [2.45, 2.75) is 6.42 Å². The van der Waals surface area contributed by atoms with Crippen LogP contribution in [0.3, 0.4) is 0 Å². The van der Waals surface area contributed by atoms with Crippen molar-refractivity contribution in [3.05, 3.63) is 83.9 Å². The Morgan fingerprint density at radius 1 is 0.613 bits per heavy atom.